The molecule has 1 aliphatic carbocycles. The Bertz CT molecular complexity index is 524. The first kappa shape index (κ1) is 10.0. The minimum Gasteiger partial charge on any atom is -0.494 e. The maximum absolute atomic E-state index is 11.5. The maximum Gasteiger partial charge on any atom is 0.331 e. The first-order valence-electron chi connectivity index (χ1n) is 4.89. The minimum atomic E-state index is -0.529. The third-order valence-corrected chi connectivity index (χ3v) is 3.12. The standard InChI is InChI=1S/C10H14N2O3/c1-5-7(13)11-9(15)12(8(5)14)6-4-10(6,2)3/h6,14H,4H2,1-3H3,(H,11,13,15). The molecule has 82 valence electrons. The average Bonchev–Trinajstić information content (AvgIpc) is 2.71. The molecule has 0 saturated heterocycles. The molecule has 0 bridgehead atoms. The molecule has 0 radical (unpaired) electrons. The van der Waals surface area contributed by atoms with E-state index >= 15 is 0 Å². The molecule has 1 unspecified atom stereocenters. The van der Waals surface area contributed by atoms with Crippen LogP contribution in [0.25, 0.3) is 0 Å². The second kappa shape index (κ2) is 2.74. The Hall–Kier alpha value is -1.52. The Morgan fingerprint density at radius 2 is 2.00 bits per heavy atom. The molecule has 1 fully saturated rings. The summed E-state index contributed by atoms with van der Waals surface area (Å²) in [5.41, 5.74) is -0.838. The van der Waals surface area contributed by atoms with Gasteiger partial charge in [0.25, 0.3) is 5.56 Å². The highest BCUT2D eigenvalue weighted by Gasteiger charge is 2.48. The molecule has 0 aliphatic heterocycles. The lowest BCUT2D eigenvalue weighted by atomic mass is 10.2. The summed E-state index contributed by atoms with van der Waals surface area (Å²) in [5.74, 6) is -0.209. The molecule has 0 aromatic carbocycles. The highest BCUT2D eigenvalue weighted by atomic mass is 16.3. The molecule has 1 aliphatic rings. The fourth-order valence-corrected chi connectivity index (χ4v) is 1.80. The lowest BCUT2D eigenvalue weighted by molar-refractivity contribution is 0.380. The van der Waals surface area contributed by atoms with Crippen LogP contribution in [-0.4, -0.2) is 14.7 Å². The summed E-state index contributed by atoms with van der Waals surface area (Å²) < 4.78 is 1.27. The first-order chi connectivity index (χ1) is 6.84. The van der Waals surface area contributed by atoms with Crippen LogP contribution in [0.15, 0.2) is 9.59 Å². The molecule has 15 heavy (non-hydrogen) atoms. The van der Waals surface area contributed by atoms with Crippen LogP contribution in [-0.2, 0) is 0 Å². The number of rotatable bonds is 1. The Morgan fingerprint density at radius 3 is 2.47 bits per heavy atom. The fraction of sp³-hybridized carbons (Fsp3) is 0.600. The van der Waals surface area contributed by atoms with E-state index in [4.69, 9.17) is 0 Å². The van der Waals surface area contributed by atoms with Gasteiger partial charge in [0.05, 0.1) is 5.56 Å². The Morgan fingerprint density at radius 1 is 1.47 bits per heavy atom. The van der Waals surface area contributed by atoms with E-state index in [9.17, 15) is 14.7 Å². The highest BCUT2D eigenvalue weighted by Crippen LogP contribution is 2.55. The molecule has 2 N–H and O–H groups in total. The number of aromatic nitrogens is 2. The van der Waals surface area contributed by atoms with Crippen LogP contribution in [0.5, 0.6) is 5.88 Å². The number of hydrogen-bond acceptors (Lipinski definition) is 3. The Labute approximate surface area is 86.4 Å². The topological polar surface area (TPSA) is 75.1 Å². The van der Waals surface area contributed by atoms with Gasteiger partial charge in [-0.05, 0) is 18.8 Å². The van der Waals surface area contributed by atoms with Crippen LogP contribution in [0.4, 0.5) is 0 Å². The summed E-state index contributed by atoms with van der Waals surface area (Å²) >= 11 is 0. The van der Waals surface area contributed by atoms with Crippen molar-refractivity contribution in [2.45, 2.75) is 33.2 Å². The number of aromatic hydroxyl groups is 1. The molecule has 1 heterocycles. The summed E-state index contributed by atoms with van der Waals surface area (Å²) in [5, 5.41) is 9.74. The monoisotopic (exact) mass is 210 g/mol. The van der Waals surface area contributed by atoms with Gasteiger partial charge in [-0.25, -0.2) is 4.79 Å². The van der Waals surface area contributed by atoms with Gasteiger partial charge in [0.2, 0.25) is 5.88 Å². The van der Waals surface area contributed by atoms with Crippen molar-refractivity contribution in [2.75, 3.05) is 0 Å². The van der Waals surface area contributed by atoms with E-state index in [1.54, 1.807) is 0 Å². The third kappa shape index (κ3) is 1.38. The molecule has 5 heteroatoms. The van der Waals surface area contributed by atoms with Crippen molar-refractivity contribution >= 4 is 0 Å². The molecule has 0 spiro atoms. The van der Waals surface area contributed by atoms with E-state index in [0.717, 1.165) is 6.42 Å². The van der Waals surface area contributed by atoms with Gasteiger partial charge in [0.1, 0.15) is 0 Å². The van der Waals surface area contributed by atoms with Crippen LogP contribution in [0.1, 0.15) is 31.9 Å². The van der Waals surface area contributed by atoms with Crippen molar-refractivity contribution in [3.8, 4) is 5.88 Å². The van der Waals surface area contributed by atoms with E-state index in [0.29, 0.717) is 0 Å². The van der Waals surface area contributed by atoms with Crippen LogP contribution < -0.4 is 11.2 Å². The zero-order valence-corrected chi connectivity index (χ0v) is 9.00. The predicted octanol–water partition coefficient (Wildman–Crippen LogP) is 0.522. The Balaban J connectivity index is 2.64. The largest absolute Gasteiger partial charge is 0.494 e. The van der Waals surface area contributed by atoms with Crippen LogP contribution in [0.3, 0.4) is 0 Å². The van der Waals surface area contributed by atoms with Crippen LogP contribution in [0.2, 0.25) is 0 Å². The molecule has 1 saturated carbocycles. The van der Waals surface area contributed by atoms with Gasteiger partial charge >= 0.3 is 5.69 Å². The van der Waals surface area contributed by atoms with Crippen molar-refractivity contribution < 1.29 is 5.11 Å². The van der Waals surface area contributed by atoms with Gasteiger partial charge in [-0.15, -0.1) is 0 Å². The molecule has 0 amide bonds. The van der Waals surface area contributed by atoms with Gasteiger partial charge in [-0.2, -0.15) is 0 Å². The van der Waals surface area contributed by atoms with Crippen LogP contribution in [0, 0.1) is 12.3 Å². The van der Waals surface area contributed by atoms with Gasteiger partial charge < -0.3 is 5.11 Å². The van der Waals surface area contributed by atoms with Gasteiger partial charge in [0.15, 0.2) is 0 Å². The molecule has 1 aromatic rings. The van der Waals surface area contributed by atoms with Crippen LogP contribution >= 0.6 is 0 Å². The number of hydrogen-bond donors (Lipinski definition) is 2. The van der Waals surface area contributed by atoms with Gasteiger partial charge in [-0.3, -0.25) is 14.3 Å². The van der Waals surface area contributed by atoms with E-state index in [2.05, 4.69) is 4.98 Å². The highest BCUT2D eigenvalue weighted by molar-refractivity contribution is 5.23. The lowest BCUT2D eigenvalue weighted by Crippen LogP contribution is -2.31. The maximum atomic E-state index is 11.5. The van der Waals surface area contributed by atoms with Crippen molar-refractivity contribution in [1.29, 1.82) is 0 Å². The van der Waals surface area contributed by atoms with Gasteiger partial charge in [0, 0.05) is 6.04 Å². The van der Waals surface area contributed by atoms with E-state index in [-0.39, 0.29) is 22.9 Å². The van der Waals surface area contributed by atoms with Crippen molar-refractivity contribution in [3.05, 3.63) is 26.4 Å². The number of H-pyrrole nitrogens is 1. The molecule has 2 rings (SSSR count). The zero-order chi connectivity index (χ0) is 11.4. The quantitative estimate of drug-likeness (QED) is 0.709. The van der Waals surface area contributed by atoms with Gasteiger partial charge in [-0.1, -0.05) is 13.8 Å². The summed E-state index contributed by atoms with van der Waals surface area (Å²) in [4.78, 5) is 24.9. The Kier molecular flexibility index (Phi) is 1.83. The summed E-state index contributed by atoms with van der Waals surface area (Å²) in [6, 6.07) is -0.0134. The first-order valence-corrected chi connectivity index (χ1v) is 4.89. The zero-order valence-electron chi connectivity index (χ0n) is 9.00. The van der Waals surface area contributed by atoms with Crippen molar-refractivity contribution in [2.24, 2.45) is 5.41 Å². The summed E-state index contributed by atoms with van der Waals surface area (Å²) in [6.45, 7) is 5.54. The molecule has 1 aromatic heterocycles. The normalized spacial score (nSPS) is 22.7. The summed E-state index contributed by atoms with van der Waals surface area (Å²) in [7, 11) is 0. The predicted molar refractivity (Wildman–Crippen MR) is 55.2 cm³/mol. The van der Waals surface area contributed by atoms with Crippen molar-refractivity contribution in [3.63, 3.8) is 0 Å². The molecule has 1 atom stereocenters. The third-order valence-electron chi connectivity index (χ3n) is 3.12. The average molecular weight is 210 g/mol. The summed E-state index contributed by atoms with van der Waals surface area (Å²) in [6.07, 6.45) is 0.839. The lowest BCUT2D eigenvalue weighted by Gasteiger charge is -2.10. The fourth-order valence-electron chi connectivity index (χ4n) is 1.80. The number of aromatic amines is 1. The molecular weight excluding hydrogens is 196 g/mol. The molecule has 5 nitrogen and oxygen atoms in total. The second-order valence-electron chi connectivity index (χ2n) is 4.79. The van der Waals surface area contributed by atoms with Crippen molar-refractivity contribution in [1.82, 2.24) is 9.55 Å². The smallest absolute Gasteiger partial charge is 0.331 e. The van der Waals surface area contributed by atoms with E-state index in [1.165, 1.54) is 11.5 Å². The van der Waals surface area contributed by atoms with E-state index < -0.39 is 11.2 Å². The minimum absolute atomic E-state index is 0.0134. The second-order valence-corrected chi connectivity index (χ2v) is 4.79. The number of nitrogens with one attached hydrogen (secondary N) is 1. The van der Waals surface area contributed by atoms with E-state index in [1.807, 2.05) is 13.8 Å². The molecular formula is C10H14N2O3. The number of nitrogens with zero attached hydrogens (tertiary/aromatic N) is 1. The SMILES string of the molecule is Cc1c(O)n(C2CC2(C)C)c(=O)[nH]c1=O.